The van der Waals surface area contributed by atoms with Crippen LogP contribution in [0, 0.1) is 5.82 Å². The van der Waals surface area contributed by atoms with Gasteiger partial charge in [-0.05, 0) is 51.1 Å². The number of halogens is 1. The molecule has 0 radical (unpaired) electrons. The monoisotopic (exact) mass is 287 g/mol. The van der Waals surface area contributed by atoms with Crippen LogP contribution < -0.4 is 10.2 Å². The van der Waals surface area contributed by atoms with Gasteiger partial charge in [-0.15, -0.1) is 0 Å². The average molecular weight is 287 g/mol. The van der Waals surface area contributed by atoms with Crippen molar-refractivity contribution < 1.29 is 4.39 Å². The van der Waals surface area contributed by atoms with Crippen molar-refractivity contribution in [3.8, 4) is 0 Å². The van der Waals surface area contributed by atoms with E-state index in [1.807, 2.05) is 18.0 Å². The largest absolute Gasteiger partial charge is 0.329 e. The summed E-state index contributed by atoms with van der Waals surface area (Å²) >= 11 is 0. The van der Waals surface area contributed by atoms with Crippen molar-refractivity contribution in [2.45, 2.75) is 32.9 Å². The molecule has 2 rings (SSSR count). The average Bonchev–Trinajstić information content (AvgIpc) is 2.45. The highest BCUT2D eigenvalue weighted by molar-refractivity contribution is 5.61. The van der Waals surface area contributed by atoms with Crippen LogP contribution in [0.15, 0.2) is 42.6 Å². The van der Waals surface area contributed by atoms with Crippen molar-refractivity contribution in [1.82, 2.24) is 10.3 Å². The van der Waals surface area contributed by atoms with Crippen LogP contribution in [0.4, 0.5) is 15.9 Å². The van der Waals surface area contributed by atoms with Crippen molar-refractivity contribution in [2.24, 2.45) is 0 Å². The standard InChI is InChI=1S/C17H22FN3/c1-17(2,3)20-12-13-6-5-11-19-16(13)21(4)15-9-7-14(18)8-10-15/h5-11,20H,12H2,1-4H3. The molecule has 1 aromatic heterocycles. The lowest BCUT2D eigenvalue weighted by Crippen LogP contribution is -2.35. The molecular weight excluding hydrogens is 265 g/mol. The first-order valence-electron chi connectivity index (χ1n) is 7.05. The van der Waals surface area contributed by atoms with Crippen molar-refractivity contribution in [3.63, 3.8) is 0 Å². The Labute approximate surface area is 125 Å². The third kappa shape index (κ3) is 4.26. The van der Waals surface area contributed by atoms with Gasteiger partial charge in [-0.25, -0.2) is 9.37 Å². The normalized spacial score (nSPS) is 11.5. The Hall–Kier alpha value is -1.94. The molecule has 0 atom stereocenters. The number of nitrogens with one attached hydrogen (secondary N) is 1. The third-order valence-corrected chi connectivity index (χ3v) is 3.21. The molecule has 112 valence electrons. The topological polar surface area (TPSA) is 28.2 Å². The predicted octanol–water partition coefficient (Wildman–Crippen LogP) is 3.88. The summed E-state index contributed by atoms with van der Waals surface area (Å²) in [6.07, 6.45) is 1.77. The second kappa shape index (κ2) is 6.22. The summed E-state index contributed by atoms with van der Waals surface area (Å²) in [6.45, 7) is 7.13. The SMILES string of the molecule is CN(c1ccc(F)cc1)c1ncccc1CNC(C)(C)C. The highest BCUT2D eigenvalue weighted by Crippen LogP contribution is 2.25. The molecule has 2 aromatic rings. The Balaban J connectivity index is 2.24. The van der Waals surface area contributed by atoms with Crippen LogP contribution in [-0.4, -0.2) is 17.6 Å². The minimum atomic E-state index is -0.234. The first-order valence-corrected chi connectivity index (χ1v) is 7.05. The molecule has 4 heteroatoms. The number of benzene rings is 1. The first kappa shape index (κ1) is 15.4. The van der Waals surface area contributed by atoms with Crippen LogP contribution in [0.5, 0.6) is 0 Å². The van der Waals surface area contributed by atoms with Crippen LogP contribution in [-0.2, 0) is 6.54 Å². The lowest BCUT2D eigenvalue weighted by molar-refractivity contribution is 0.424. The molecule has 0 bridgehead atoms. The molecule has 1 N–H and O–H groups in total. The molecule has 0 unspecified atom stereocenters. The molecule has 0 aliphatic rings. The Morgan fingerprint density at radius 1 is 1.14 bits per heavy atom. The molecule has 21 heavy (non-hydrogen) atoms. The minimum absolute atomic E-state index is 0.0432. The van der Waals surface area contributed by atoms with Gasteiger partial charge in [-0.2, -0.15) is 0 Å². The predicted molar refractivity (Wildman–Crippen MR) is 85.3 cm³/mol. The molecule has 0 fully saturated rings. The van der Waals surface area contributed by atoms with E-state index in [2.05, 4.69) is 37.1 Å². The summed E-state index contributed by atoms with van der Waals surface area (Å²) in [6, 6.07) is 10.4. The molecule has 0 amide bonds. The first-order chi connectivity index (χ1) is 9.87. The summed E-state index contributed by atoms with van der Waals surface area (Å²) in [5.41, 5.74) is 2.06. The highest BCUT2D eigenvalue weighted by Gasteiger charge is 2.14. The maximum absolute atomic E-state index is 13.0. The molecule has 1 aromatic carbocycles. The Morgan fingerprint density at radius 2 is 1.81 bits per heavy atom. The quantitative estimate of drug-likeness (QED) is 0.925. The van der Waals surface area contributed by atoms with Crippen LogP contribution in [0.25, 0.3) is 0 Å². The summed E-state index contributed by atoms with van der Waals surface area (Å²) in [4.78, 5) is 6.44. The van der Waals surface area contributed by atoms with Gasteiger partial charge in [0.25, 0.3) is 0 Å². The molecule has 0 saturated carbocycles. The van der Waals surface area contributed by atoms with Gasteiger partial charge in [0.2, 0.25) is 0 Å². The molecular formula is C17H22FN3. The second-order valence-corrected chi connectivity index (χ2v) is 6.13. The third-order valence-electron chi connectivity index (χ3n) is 3.21. The molecule has 3 nitrogen and oxygen atoms in total. The number of nitrogens with zero attached hydrogens (tertiary/aromatic N) is 2. The summed E-state index contributed by atoms with van der Waals surface area (Å²) in [5.74, 6) is 0.642. The van der Waals surface area contributed by atoms with E-state index in [1.54, 1.807) is 18.3 Å². The summed E-state index contributed by atoms with van der Waals surface area (Å²) < 4.78 is 13.0. The Bertz CT molecular complexity index is 588. The van der Waals surface area contributed by atoms with E-state index in [0.29, 0.717) is 0 Å². The number of pyridine rings is 1. The van der Waals surface area contributed by atoms with Crippen molar-refractivity contribution in [2.75, 3.05) is 11.9 Å². The van der Waals surface area contributed by atoms with Crippen LogP contribution in [0.1, 0.15) is 26.3 Å². The highest BCUT2D eigenvalue weighted by atomic mass is 19.1. The molecule has 1 heterocycles. The zero-order valence-corrected chi connectivity index (χ0v) is 13.0. The lowest BCUT2D eigenvalue weighted by atomic mass is 10.1. The smallest absolute Gasteiger partial charge is 0.137 e. The Kier molecular flexibility index (Phi) is 4.58. The van der Waals surface area contributed by atoms with E-state index in [1.165, 1.54) is 12.1 Å². The summed E-state index contributed by atoms with van der Waals surface area (Å²) in [5, 5.41) is 3.47. The molecule has 0 spiro atoms. The van der Waals surface area contributed by atoms with E-state index in [4.69, 9.17) is 0 Å². The second-order valence-electron chi connectivity index (χ2n) is 6.13. The van der Waals surface area contributed by atoms with Crippen molar-refractivity contribution >= 4 is 11.5 Å². The van der Waals surface area contributed by atoms with Gasteiger partial charge in [0.1, 0.15) is 11.6 Å². The van der Waals surface area contributed by atoms with Gasteiger partial charge < -0.3 is 10.2 Å². The van der Waals surface area contributed by atoms with Gasteiger partial charge in [0, 0.05) is 36.6 Å². The number of aromatic nitrogens is 1. The molecule has 0 aliphatic heterocycles. The zero-order valence-electron chi connectivity index (χ0n) is 13.0. The maximum atomic E-state index is 13.0. The van der Waals surface area contributed by atoms with Crippen LogP contribution in [0.2, 0.25) is 0 Å². The molecule has 0 aliphatic carbocycles. The van der Waals surface area contributed by atoms with Crippen LogP contribution in [0.3, 0.4) is 0 Å². The van der Waals surface area contributed by atoms with E-state index in [0.717, 1.165) is 23.6 Å². The fourth-order valence-corrected chi connectivity index (χ4v) is 2.02. The Morgan fingerprint density at radius 3 is 2.43 bits per heavy atom. The fourth-order valence-electron chi connectivity index (χ4n) is 2.02. The van der Waals surface area contributed by atoms with E-state index in [-0.39, 0.29) is 11.4 Å². The van der Waals surface area contributed by atoms with Gasteiger partial charge >= 0.3 is 0 Å². The number of anilines is 2. The molecule has 0 saturated heterocycles. The van der Waals surface area contributed by atoms with E-state index >= 15 is 0 Å². The summed E-state index contributed by atoms with van der Waals surface area (Å²) in [7, 11) is 1.94. The number of hydrogen-bond donors (Lipinski definition) is 1. The van der Waals surface area contributed by atoms with Gasteiger partial charge in [-0.1, -0.05) is 6.07 Å². The van der Waals surface area contributed by atoms with Gasteiger partial charge in [0.15, 0.2) is 0 Å². The number of hydrogen-bond acceptors (Lipinski definition) is 3. The van der Waals surface area contributed by atoms with Gasteiger partial charge in [-0.3, -0.25) is 0 Å². The zero-order chi connectivity index (χ0) is 15.5. The number of rotatable bonds is 4. The van der Waals surface area contributed by atoms with Crippen molar-refractivity contribution in [3.05, 3.63) is 54.0 Å². The van der Waals surface area contributed by atoms with Crippen molar-refractivity contribution in [1.29, 1.82) is 0 Å². The fraction of sp³-hybridized carbons (Fsp3) is 0.353. The lowest BCUT2D eigenvalue weighted by Gasteiger charge is -2.24. The van der Waals surface area contributed by atoms with E-state index < -0.39 is 0 Å². The van der Waals surface area contributed by atoms with E-state index in [9.17, 15) is 4.39 Å². The van der Waals surface area contributed by atoms with Crippen LogP contribution >= 0.6 is 0 Å². The minimum Gasteiger partial charge on any atom is -0.329 e. The van der Waals surface area contributed by atoms with Gasteiger partial charge in [0.05, 0.1) is 0 Å². The maximum Gasteiger partial charge on any atom is 0.137 e.